The predicted molar refractivity (Wildman–Crippen MR) is 167 cm³/mol. The molecule has 232 valence electrons. The highest BCUT2D eigenvalue weighted by molar-refractivity contribution is 8.15. The third-order valence-electron chi connectivity index (χ3n) is 6.55. The van der Waals surface area contributed by atoms with Gasteiger partial charge >= 0.3 is 5.97 Å². The normalized spacial score (nSPS) is 15.3. The summed E-state index contributed by atoms with van der Waals surface area (Å²) in [6.07, 6.45) is 0.435. The summed E-state index contributed by atoms with van der Waals surface area (Å²) in [4.78, 5) is 44.3. The number of methoxy groups -OCH3 is 2. The number of esters is 1. The molecule has 2 amide bonds. The van der Waals surface area contributed by atoms with Crippen molar-refractivity contribution >= 4 is 56.1 Å². The number of benzene rings is 3. The molecule has 0 aliphatic carbocycles. The Labute approximate surface area is 259 Å². The van der Waals surface area contributed by atoms with Crippen LogP contribution in [0.25, 0.3) is 0 Å². The Hall–Kier alpha value is -4.40. The number of primary sulfonamides is 1. The second-order valence-electron chi connectivity index (χ2n) is 9.47. The number of aliphatic imine (C=N–C) groups is 1. The topological polar surface area (TPSA) is 167 Å². The van der Waals surface area contributed by atoms with E-state index in [1.165, 1.54) is 50.6 Å². The van der Waals surface area contributed by atoms with Gasteiger partial charge in [-0.05, 0) is 67.4 Å². The third kappa shape index (κ3) is 7.95. The van der Waals surface area contributed by atoms with Crippen LogP contribution in [0.3, 0.4) is 0 Å². The Kier molecular flexibility index (Phi) is 10.6. The minimum absolute atomic E-state index is 0.0154. The van der Waals surface area contributed by atoms with Gasteiger partial charge in [-0.2, -0.15) is 0 Å². The monoisotopic (exact) mass is 640 g/mol. The number of thioether (sulfide) groups is 1. The van der Waals surface area contributed by atoms with Gasteiger partial charge in [0.15, 0.2) is 5.17 Å². The maximum Gasteiger partial charge on any atom is 0.338 e. The molecular formula is C30H32N4O8S2. The Morgan fingerprint density at radius 3 is 2.36 bits per heavy atom. The van der Waals surface area contributed by atoms with E-state index in [2.05, 4.69) is 5.32 Å². The van der Waals surface area contributed by atoms with Crippen molar-refractivity contribution in [1.82, 2.24) is 5.32 Å². The van der Waals surface area contributed by atoms with Crippen molar-refractivity contribution in [3.8, 4) is 11.5 Å². The molecule has 3 aromatic rings. The molecule has 3 aromatic carbocycles. The van der Waals surface area contributed by atoms with Gasteiger partial charge in [0.2, 0.25) is 21.8 Å². The molecule has 44 heavy (non-hydrogen) atoms. The van der Waals surface area contributed by atoms with Crippen LogP contribution >= 0.6 is 11.8 Å². The first-order valence-electron chi connectivity index (χ1n) is 13.5. The third-order valence-corrected chi connectivity index (χ3v) is 8.59. The number of rotatable bonds is 11. The van der Waals surface area contributed by atoms with Crippen molar-refractivity contribution in [2.75, 3.05) is 32.3 Å². The van der Waals surface area contributed by atoms with Gasteiger partial charge in [-0.25, -0.2) is 28.2 Å². The number of nitrogens with one attached hydrogen (secondary N) is 1. The number of anilines is 1. The summed E-state index contributed by atoms with van der Waals surface area (Å²) in [5.41, 5.74) is 1.95. The van der Waals surface area contributed by atoms with E-state index in [9.17, 15) is 22.8 Å². The van der Waals surface area contributed by atoms with Gasteiger partial charge in [0.05, 0.1) is 37.0 Å². The van der Waals surface area contributed by atoms with Crippen molar-refractivity contribution in [3.63, 3.8) is 0 Å². The van der Waals surface area contributed by atoms with Crippen molar-refractivity contribution in [2.45, 2.75) is 29.9 Å². The molecule has 14 heteroatoms. The molecule has 1 atom stereocenters. The van der Waals surface area contributed by atoms with Crippen LogP contribution in [0, 0.1) is 0 Å². The van der Waals surface area contributed by atoms with Crippen LogP contribution in [0.1, 0.15) is 29.3 Å². The summed E-state index contributed by atoms with van der Waals surface area (Å²) >= 11 is 1.11. The van der Waals surface area contributed by atoms with E-state index in [1.54, 1.807) is 37.3 Å². The lowest BCUT2D eigenvalue weighted by Gasteiger charge is -2.17. The minimum atomic E-state index is -3.80. The van der Waals surface area contributed by atoms with E-state index in [0.29, 0.717) is 46.6 Å². The molecule has 0 aromatic heterocycles. The zero-order valence-corrected chi connectivity index (χ0v) is 25.9. The first kappa shape index (κ1) is 32.5. The van der Waals surface area contributed by atoms with Crippen LogP contribution in [-0.4, -0.2) is 64.0 Å². The Balaban J connectivity index is 1.55. The summed E-state index contributed by atoms with van der Waals surface area (Å²) in [6, 6.07) is 17.4. The smallest absolute Gasteiger partial charge is 0.338 e. The molecule has 12 nitrogen and oxygen atoms in total. The molecular weight excluding hydrogens is 608 g/mol. The largest absolute Gasteiger partial charge is 0.497 e. The highest BCUT2D eigenvalue weighted by Gasteiger charge is 2.41. The molecule has 0 saturated carbocycles. The standard InChI is InChI=1S/C30H32N4O8S2/c1-4-42-29(37)20-7-9-21(10-8-20)34-27(35)18-26(28(34)36)43-30(33-24-17-22(40-2)11-14-25(24)41-3)32-16-15-19-5-12-23(13-6-19)44(31,38)39/h5-14,17,26H,4,15-16,18H2,1-3H3,(H,32,33)(H2,31,38,39). The molecule has 4 rings (SSSR count). The molecule has 3 N–H and O–H groups in total. The number of amidine groups is 1. The number of carbonyl (C=O) groups is 3. The summed E-state index contributed by atoms with van der Waals surface area (Å²) in [7, 11) is -0.762. The number of sulfonamides is 1. The molecule has 0 spiro atoms. The minimum Gasteiger partial charge on any atom is -0.497 e. The summed E-state index contributed by atoms with van der Waals surface area (Å²) < 4.78 is 38.9. The fraction of sp³-hybridized carbons (Fsp3) is 0.267. The average molecular weight is 641 g/mol. The van der Waals surface area contributed by atoms with Gasteiger partial charge in [0.1, 0.15) is 22.4 Å². The summed E-state index contributed by atoms with van der Waals surface area (Å²) in [6.45, 7) is 2.31. The van der Waals surface area contributed by atoms with Crippen molar-refractivity contribution in [3.05, 3.63) is 77.9 Å². The maximum absolute atomic E-state index is 13.5. The van der Waals surface area contributed by atoms with Crippen molar-refractivity contribution < 1.29 is 37.0 Å². The van der Waals surface area contributed by atoms with Crippen LogP contribution in [-0.2, 0) is 30.8 Å². The van der Waals surface area contributed by atoms with E-state index in [-0.39, 0.29) is 23.8 Å². The first-order valence-corrected chi connectivity index (χ1v) is 15.9. The summed E-state index contributed by atoms with van der Waals surface area (Å²) in [5.74, 6) is -0.277. The zero-order chi connectivity index (χ0) is 31.9. The van der Waals surface area contributed by atoms with E-state index in [1.807, 2.05) is 0 Å². The van der Waals surface area contributed by atoms with Gasteiger partial charge in [0.25, 0.3) is 0 Å². The average Bonchev–Trinajstić information content (AvgIpc) is 3.28. The summed E-state index contributed by atoms with van der Waals surface area (Å²) in [5, 5.41) is 8.02. The lowest BCUT2D eigenvalue weighted by Crippen LogP contribution is -2.32. The number of amides is 2. The quantitative estimate of drug-likeness (QED) is 0.137. The molecule has 0 radical (unpaired) electrons. The second-order valence-corrected chi connectivity index (χ2v) is 12.2. The molecule has 1 unspecified atom stereocenters. The van der Waals surface area contributed by atoms with Crippen molar-refractivity contribution in [1.29, 1.82) is 0 Å². The van der Waals surface area contributed by atoms with Crippen LogP contribution in [0.2, 0.25) is 0 Å². The molecule has 1 aliphatic heterocycles. The number of imide groups is 1. The SMILES string of the molecule is CCOC(=O)c1ccc(N2C(=O)CC(S/C(=N/c3cc(OC)ccc3OC)NCCc3ccc(S(N)(=O)=O)cc3)C2=O)cc1. The van der Waals surface area contributed by atoms with E-state index >= 15 is 0 Å². The van der Waals surface area contributed by atoms with Gasteiger partial charge in [-0.3, -0.25) is 9.59 Å². The van der Waals surface area contributed by atoms with Crippen LogP contribution in [0.5, 0.6) is 11.5 Å². The molecule has 1 saturated heterocycles. The Morgan fingerprint density at radius 1 is 1.05 bits per heavy atom. The van der Waals surface area contributed by atoms with Gasteiger partial charge < -0.3 is 19.5 Å². The van der Waals surface area contributed by atoms with Crippen molar-refractivity contribution in [2.24, 2.45) is 10.1 Å². The van der Waals surface area contributed by atoms with E-state index < -0.39 is 27.1 Å². The van der Waals surface area contributed by atoms with Crippen LogP contribution < -0.4 is 24.8 Å². The maximum atomic E-state index is 13.5. The van der Waals surface area contributed by atoms with E-state index in [4.69, 9.17) is 24.3 Å². The molecule has 1 aliphatic rings. The number of nitrogens with zero attached hydrogens (tertiary/aromatic N) is 2. The highest BCUT2D eigenvalue weighted by Crippen LogP contribution is 2.35. The second kappa shape index (κ2) is 14.4. The molecule has 0 bridgehead atoms. The van der Waals surface area contributed by atoms with Crippen LogP contribution in [0.15, 0.2) is 76.6 Å². The van der Waals surface area contributed by atoms with Crippen LogP contribution in [0.4, 0.5) is 11.4 Å². The number of hydrogen-bond donors (Lipinski definition) is 2. The van der Waals surface area contributed by atoms with E-state index in [0.717, 1.165) is 22.2 Å². The highest BCUT2D eigenvalue weighted by atomic mass is 32.2. The molecule has 1 heterocycles. The first-order chi connectivity index (χ1) is 21.0. The lowest BCUT2D eigenvalue weighted by atomic mass is 10.1. The number of carbonyl (C=O) groups excluding carboxylic acids is 3. The van der Waals surface area contributed by atoms with Gasteiger partial charge in [0, 0.05) is 19.0 Å². The van der Waals surface area contributed by atoms with Gasteiger partial charge in [-0.15, -0.1) is 0 Å². The fourth-order valence-electron chi connectivity index (χ4n) is 4.32. The number of ether oxygens (including phenoxy) is 3. The zero-order valence-electron chi connectivity index (χ0n) is 24.3. The number of hydrogen-bond acceptors (Lipinski definition) is 10. The number of nitrogens with two attached hydrogens (primary N) is 1. The van der Waals surface area contributed by atoms with Gasteiger partial charge in [-0.1, -0.05) is 23.9 Å². The Bertz CT molecular complexity index is 1660. The fourth-order valence-corrected chi connectivity index (χ4v) is 5.88. The molecule has 1 fully saturated rings. The predicted octanol–water partition coefficient (Wildman–Crippen LogP) is 3.41. The lowest BCUT2D eigenvalue weighted by molar-refractivity contribution is -0.121. The Morgan fingerprint density at radius 2 is 1.75 bits per heavy atom.